The maximum atomic E-state index is 12.7. The molecular weight excluding hydrogens is 152 g/mol. The Morgan fingerprint density at radius 2 is 1.45 bits per heavy atom. The third-order valence-electron chi connectivity index (χ3n) is 1.25. The SMILES string of the molecule is CC(C)(C)n1c(F)nnc1F. The first-order chi connectivity index (χ1) is 4.93. The number of rotatable bonds is 0. The number of hydrogen-bond acceptors (Lipinski definition) is 2. The second kappa shape index (κ2) is 2.25. The Morgan fingerprint density at radius 3 is 1.64 bits per heavy atom. The molecular formula is C6H9F2N3. The molecule has 0 amide bonds. The van der Waals surface area contributed by atoms with Crippen molar-refractivity contribution in [3.05, 3.63) is 12.2 Å². The van der Waals surface area contributed by atoms with E-state index in [1.807, 2.05) is 0 Å². The fourth-order valence-electron chi connectivity index (χ4n) is 0.802. The molecule has 0 saturated carbocycles. The molecule has 5 heteroatoms. The van der Waals surface area contributed by atoms with Gasteiger partial charge in [-0.1, -0.05) is 10.2 Å². The smallest absolute Gasteiger partial charge is 0.254 e. The van der Waals surface area contributed by atoms with Crippen molar-refractivity contribution in [2.24, 2.45) is 0 Å². The van der Waals surface area contributed by atoms with E-state index in [1.165, 1.54) is 0 Å². The highest BCUT2D eigenvalue weighted by Gasteiger charge is 2.22. The summed E-state index contributed by atoms with van der Waals surface area (Å²) in [4.78, 5) is 0. The van der Waals surface area contributed by atoms with Gasteiger partial charge in [0.2, 0.25) is 0 Å². The fourth-order valence-corrected chi connectivity index (χ4v) is 0.802. The van der Waals surface area contributed by atoms with Crippen molar-refractivity contribution in [3.8, 4) is 0 Å². The molecule has 0 N–H and O–H groups in total. The first-order valence-corrected chi connectivity index (χ1v) is 3.20. The van der Waals surface area contributed by atoms with Crippen molar-refractivity contribution in [2.45, 2.75) is 26.3 Å². The third kappa shape index (κ3) is 1.36. The van der Waals surface area contributed by atoms with Crippen molar-refractivity contribution >= 4 is 0 Å². The summed E-state index contributed by atoms with van der Waals surface area (Å²) in [5.74, 6) is 0. The zero-order chi connectivity index (χ0) is 8.65. The first-order valence-electron chi connectivity index (χ1n) is 3.20. The molecule has 62 valence electrons. The fraction of sp³-hybridized carbons (Fsp3) is 0.667. The van der Waals surface area contributed by atoms with Crippen LogP contribution in [0.5, 0.6) is 0 Å². The molecule has 1 aromatic rings. The van der Waals surface area contributed by atoms with E-state index in [4.69, 9.17) is 0 Å². The predicted molar refractivity (Wildman–Crippen MR) is 34.9 cm³/mol. The van der Waals surface area contributed by atoms with E-state index >= 15 is 0 Å². The molecule has 0 unspecified atom stereocenters. The van der Waals surface area contributed by atoms with Crippen LogP contribution in [0.15, 0.2) is 0 Å². The van der Waals surface area contributed by atoms with Crippen LogP contribution in [0.2, 0.25) is 0 Å². The van der Waals surface area contributed by atoms with Gasteiger partial charge in [0.15, 0.2) is 0 Å². The summed E-state index contributed by atoms with van der Waals surface area (Å²) in [5, 5.41) is 5.91. The minimum atomic E-state index is -0.894. The highest BCUT2D eigenvalue weighted by atomic mass is 19.1. The highest BCUT2D eigenvalue weighted by molar-refractivity contribution is 4.80. The van der Waals surface area contributed by atoms with E-state index in [-0.39, 0.29) is 0 Å². The van der Waals surface area contributed by atoms with E-state index in [0.29, 0.717) is 0 Å². The lowest BCUT2D eigenvalue weighted by molar-refractivity contribution is 0.280. The molecule has 11 heavy (non-hydrogen) atoms. The van der Waals surface area contributed by atoms with Crippen molar-refractivity contribution < 1.29 is 8.78 Å². The van der Waals surface area contributed by atoms with Gasteiger partial charge in [-0.3, -0.25) is 4.57 Å². The van der Waals surface area contributed by atoms with Crippen LogP contribution >= 0.6 is 0 Å². The third-order valence-corrected chi connectivity index (χ3v) is 1.25. The molecule has 0 saturated heterocycles. The van der Waals surface area contributed by atoms with Gasteiger partial charge in [-0.25, -0.2) is 0 Å². The largest absolute Gasteiger partial charge is 0.311 e. The van der Waals surface area contributed by atoms with E-state index in [2.05, 4.69) is 10.2 Å². The van der Waals surface area contributed by atoms with Gasteiger partial charge in [-0.15, -0.1) is 0 Å². The standard InChI is InChI=1S/C6H9F2N3/c1-6(2,3)11-4(7)9-10-5(11)8/h1-3H3. The number of nitrogens with zero attached hydrogens (tertiary/aromatic N) is 3. The summed E-state index contributed by atoms with van der Waals surface area (Å²) in [6.45, 7) is 5.01. The summed E-state index contributed by atoms with van der Waals surface area (Å²) < 4.78 is 26.1. The highest BCUT2D eigenvalue weighted by Crippen LogP contribution is 2.16. The quantitative estimate of drug-likeness (QED) is 0.574. The monoisotopic (exact) mass is 161 g/mol. The Kier molecular flexibility index (Phi) is 1.66. The van der Waals surface area contributed by atoms with Gasteiger partial charge in [0.1, 0.15) is 0 Å². The average Bonchev–Trinajstić information content (AvgIpc) is 2.08. The molecule has 0 aliphatic heterocycles. The van der Waals surface area contributed by atoms with Gasteiger partial charge < -0.3 is 0 Å². The topological polar surface area (TPSA) is 30.7 Å². The summed E-state index contributed by atoms with van der Waals surface area (Å²) in [6.07, 6.45) is -1.79. The molecule has 3 nitrogen and oxygen atoms in total. The second-order valence-corrected chi connectivity index (χ2v) is 3.24. The maximum Gasteiger partial charge on any atom is 0.311 e. The van der Waals surface area contributed by atoms with Gasteiger partial charge in [-0.2, -0.15) is 8.78 Å². The summed E-state index contributed by atoms with van der Waals surface area (Å²) >= 11 is 0. The molecule has 0 aromatic carbocycles. The van der Waals surface area contributed by atoms with Crippen molar-refractivity contribution in [1.29, 1.82) is 0 Å². The van der Waals surface area contributed by atoms with Crippen molar-refractivity contribution in [2.75, 3.05) is 0 Å². The Morgan fingerprint density at radius 1 is 1.09 bits per heavy atom. The molecule has 0 atom stereocenters. The zero-order valence-corrected chi connectivity index (χ0v) is 6.60. The Bertz CT molecular complexity index is 242. The summed E-state index contributed by atoms with van der Waals surface area (Å²) in [7, 11) is 0. The van der Waals surface area contributed by atoms with E-state index in [9.17, 15) is 8.78 Å². The molecule has 1 aromatic heterocycles. The molecule has 0 spiro atoms. The Labute approximate surface area is 63.0 Å². The second-order valence-electron chi connectivity index (χ2n) is 3.24. The van der Waals surface area contributed by atoms with Crippen LogP contribution < -0.4 is 0 Å². The van der Waals surface area contributed by atoms with Crippen molar-refractivity contribution in [1.82, 2.24) is 14.8 Å². The number of hydrogen-bond donors (Lipinski definition) is 0. The molecule has 1 heterocycles. The van der Waals surface area contributed by atoms with Gasteiger partial charge in [0.25, 0.3) is 0 Å². The normalized spacial score (nSPS) is 12.1. The van der Waals surface area contributed by atoms with Crippen LogP contribution in [0, 0.1) is 12.2 Å². The first kappa shape index (κ1) is 8.10. The summed E-state index contributed by atoms with van der Waals surface area (Å²) in [5.41, 5.74) is -0.655. The van der Waals surface area contributed by atoms with Crippen LogP contribution in [0.1, 0.15) is 20.8 Å². The Balaban J connectivity index is 3.21. The van der Waals surface area contributed by atoms with Crippen molar-refractivity contribution in [3.63, 3.8) is 0 Å². The van der Waals surface area contributed by atoms with Crippen LogP contribution in [0.4, 0.5) is 8.78 Å². The maximum absolute atomic E-state index is 12.7. The number of aromatic nitrogens is 3. The number of halogens is 2. The molecule has 0 fully saturated rings. The Hall–Kier alpha value is -1.00. The van der Waals surface area contributed by atoms with E-state index < -0.39 is 17.7 Å². The molecule has 0 aliphatic rings. The lowest BCUT2D eigenvalue weighted by atomic mass is 10.1. The molecule has 0 radical (unpaired) electrons. The van der Waals surface area contributed by atoms with Crippen LogP contribution in [-0.4, -0.2) is 14.8 Å². The van der Waals surface area contributed by atoms with E-state index in [0.717, 1.165) is 4.57 Å². The van der Waals surface area contributed by atoms with E-state index in [1.54, 1.807) is 20.8 Å². The average molecular weight is 161 g/mol. The van der Waals surface area contributed by atoms with Crippen LogP contribution in [-0.2, 0) is 5.54 Å². The summed E-state index contributed by atoms with van der Waals surface area (Å²) in [6, 6.07) is 0. The van der Waals surface area contributed by atoms with Gasteiger partial charge in [-0.05, 0) is 20.8 Å². The molecule has 1 rings (SSSR count). The molecule has 0 bridgehead atoms. The lowest BCUT2D eigenvalue weighted by Crippen LogP contribution is -2.25. The van der Waals surface area contributed by atoms with Gasteiger partial charge >= 0.3 is 12.2 Å². The molecule has 0 aliphatic carbocycles. The van der Waals surface area contributed by atoms with Crippen LogP contribution in [0.25, 0.3) is 0 Å². The predicted octanol–water partition coefficient (Wildman–Crippen LogP) is 1.31. The minimum absolute atomic E-state index is 0.655. The lowest BCUT2D eigenvalue weighted by Gasteiger charge is -2.19. The van der Waals surface area contributed by atoms with Gasteiger partial charge in [0, 0.05) is 5.54 Å². The van der Waals surface area contributed by atoms with Crippen LogP contribution in [0.3, 0.4) is 0 Å². The minimum Gasteiger partial charge on any atom is -0.254 e. The van der Waals surface area contributed by atoms with Gasteiger partial charge in [0.05, 0.1) is 0 Å². The zero-order valence-electron chi connectivity index (χ0n) is 6.60.